The summed E-state index contributed by atoms with van der Waals surface area (Å²) >= 11 is 6.10. The third-order valence-electron chi connectivity index (χ3n) is 3.64. The molecule has 0 fully saturated rings. The second-order valence-corrected chi connectivity index (χ2v) is 7.53. The number of aryl methyl sites for hydroxylation is 1. The molecule has 0 saturated heterocycles. The highest BCUT2D eigenvalue weighted by Gasteiger charge is 2.31. The van der Waals surface area contributed by atoms with Gasteiger partial charge in [-0.3, -0.25) is 0 Å². The topological polar surface area (TPSA) is 46.6 Å². The van der Waals surface area contributed by atoms with E-state index < -0.39 is 10.0 Å². The fourth-order valence-electron chi connectivity index (χ4n) is 2.42. The molecule has 0 bridgehead atoms. The Labute approximate surface area is 135 Å². The second-order valence-electron chi connectivity index (χ2n) is 5.22. The number of rotatable bonds is 2. The van der Waals surface area contributed by atoms with E-state index in [2.05, 4.69) is 0 Å². The van der Waals surface area contributed by atoms with Crippen molar-refractivity contribution in [2.24, 2.45) is 0 Å². The van der Waals surface area contributed by atoms with Crippen molar-refractivity contribution in [2.75, 3.05) is 13.2 Å². The molecule has 0 unspecified atom stereocenters. The average Bonchev–Trinajstić information content (AvgIpc) is 2.60. The van der Waals surface area contributed by atoms with Crippen LogP contribution >= 0.6 is 11.6 Å². The number of sulfonamides is 1. The van der Waals surface area contributed by atoms with Crippen LogP contribution in [0.1, 0.15) is 11.1 Å². The first-order valence-corrected chi connectivity index (χ1v) is 8.77. The Morgan fingerprint density at radius 3 is 2.68 bits per heavy atom. The zero-order valence-electron chi connectivity index (χ0n) is 12.1. The minimum atomic E-state index is -3.63. The molecule has 1 heterocycles. The molecule has 3 rings (SSSR count). The SMILES string of the molecule is Cc1cc2c(cc1Cl)S(=O)(=O)N(Cc1ccccc1)CCO2. The van der Waals surface area contributed by atoms with Gasteiger partial charge in [0.05, 0.1) is 0 Å². The number of benzene rings is 2. The van der Waals surface area contributed by atoms with E-state index >= 15 is 0 Å². The van der Waals surface area contributed by atoms with Crippen LogP contribution in [0.25, 0.3) is 0 Å². The Balaban J connectivity index is 2.02. The summed E-state index contributed by atoms with van der Waals surface area (Å²) in [5.41, 5.74) is 1.74. The van der Waals surface area contributed by atoms with Crippen LogP contribution in [-0.2, 0) is 16.6 Å². The van der Waals surface area contributed by atoms with Gasteiger partial charge in [0.15, 0.2) is 0 Å². The van der Waals surface area contributed by atoms with Gasteiger partial charge in [-0.1, -0.05) is 41.9 Å². The maximum Gasteiger partial charge on any atom is 0.247 e. The van der Waals surface area contributed by atoms with Crippen LogP contribution < -0.4 is 4.74 Å². The highest BCUT2D eigenvalue weighted by atomic mass is 35.5. The third-order valence-corrected chi connectivity index (χ3v) is 5.92. The van der Waals surface area contributed by atoms with E-state index in [-0.39, 0.29) is 4.90 Å². The van der Waals surface area contributed by atoms with Gasteiger partial charge in [-0.25, -0.2) is 8.42 Å². The molecule has 6 heteroatoms. The molecule has 2 aromatic rings. The second kappa shape index (κ2) is 5.91. The summed E-state index contributed by atoms with van der Waals surface area (Å²) in [7, 11) is -3.63. The molecular formula is C16H16ClNO3S. The van der Waals surface area contributed by atoms with Crippen molar-refractivity contribution in [3.63, 3.8) is 0 Å². The molecule has 0 radical (unpaired) electrons. The molecule has 0 atom stereocenters. The largest absolute Gasteiger partial charge is 0.491 e. The van der Waals surface area contributed by atoms with Crippen molar-refractivity contribution < 1.29 is 13.2 Å². The lowest BCUT2D eigenvalue weighted by molar-refractivity contribution is 0.278. The van der Waals surface area contributed by atoms with E-state index in [9.17, 15) is 8.42 Å². The predicted octanol–water partition coefficient (Wildman–Crippen LogP) is 3.23. The van der Waals surface area contributed by atoms with E-state index in [1.807, 2.05) is 37.3 Å². The number of nitrogens with zero attached hydrogens (tertiary/aromatic N) is 1. The van der Waals surface area contributed by atoms with Crippen molar-refractivity contribution in [1.29, 1.82) is 0 Å². The minimum absolute atomic E-state index is 0.136. The molecule has 0 N–H and O–H groups in total. The van der Waals surface area contributed by atoms with Crippen molar-refractivity contribution in [2.45, 2.75) is 18.4 Å². The van der Waals surface area contributed by atoms with Gasteiger partial charge < -0.3 is 4.74 Å². The molecule has 2 aromatic carbocycles. The number of fused-ring (bicyclic) bond motifs is 1. The van der Waals surface area contributed by atoms with Gasteiger partial charge in [0, 0.05) is 18.1 Å². The Kier molecular flexibility index (Phi) is 4.12. The number of hydrogen-bond donors (Lipinski definition) is 0. The monoisotopic (exact) mass is 337 g/mol. The standard InChI is InChI=1S/C16H16ClNO3S/c1-12-9-15-16(10-14(12)17)22(19,20)18(7-8-21-15)11-13-5-3-2-4-6-13/h2-6,9-10H,7-8,11H2,1H3. The van der Waals surface area contributed by atoms with Gasteiger partial charge >= 0.3 is 0 Å². The molecule has 1 aliphatic rings. The lowest BCUT2D eigenvalue weighted by atomic mass is 10.2. The first kappa shape index (κ1) is 15.3. The van der Waals surface area contributed by atoms with Crippen LogP contribution in [0.5, 0.6) is 5.75 Å². The van der Waals surface area contributed by atoms with Crippen molar-refractivity contribution in [3.8, 4) is 5.75 Å². The average molecular weight is 338 g/mol. The fraction of sp³-hybridized carbons (Fsp3) is 0.250. The molecule has 116 valence electrons. The Hall–Kier alpha value is -1.56. The summed E-state index contributed by atoms with van der Waals surface area (Å²) in [5.74, 6) is 0.373. The summed E-state index contributed by atoms with van der Waals surface area (Å²) in [6.07, 6.45) is 0. The Morgan fingerprint density at radius 1 is 1.23 bits per heavy atom. The summed E-state index contributed by atoms with van der Waals surface area (Å²) in [6.45, 7) is 2.77. The van der Waals surface area contributed by atoms with E-state index in [1.54, 1.807) is 6.07 Å². The molecule has 0 spiro atoms. The van der Waals surface area contributed by atoms with E-state index in [1.165, 1.54) is 10.4 Å². The van der Waals surface area contributed by atoms with Gasteiger partial charge in [0.25, 0.3) is 0 Å². The zero-order chi connectivity index (χ0) is 15.7. The smallest absolute Gasteiger partial charge is 0.247 e. The molecular weight excluding hydrogens is 322 g/mol. The number of halogens is 1. The summed E-state index contributed by atoms with van der Waals surface area (Å²) in [6, 6.07) is 12.7. The maximum absolute atomic E-state index is 12.9. The predicted molar refractivity (Wildman–Crippen MR) is 85.7 cm³/mol. The van der Waals surface area contributed by atoms with Gasteiger partial charge in [0.2, 0.25) is 10.0 Å². The van der Waals surface area contributed by atoms with E-state index in [0.29, 0.717) is 30.5 Å². The molecule has 0 aromatic heterocycles. The van der Waals surface area contributed by atoms with Crippen LogP contribution in [0.2, 0.25) is 5.02 Å². The van der Waals surface area contributed by atoms with Gasteiger partial charge in [0.1, 0.15) is 17.3 Å². The molecule has 0 saturated carbocycles. The quantitative estimate of drug-likeness (QED) is 0.845. The first-order valence-electron chi connectivity index (χ1n) is 6.95. The van der Waals surface area contributed by atoms with Crippen molar-refractivity contribution in [3.05, 3.63) is 58.6 Å². The minimum Gasteiger partial charge on any atom is -0.491 e. The van der Waals surface area contributed by atoms with E-state index in [0.717, 1.165) is 11.1 Å². The molecule has 4 nitrogen and oxygen atoms in total. The highest BCUT2D eigenvalue weighted by Crippen LogP contribution is 2.34. The normalized spacial score (nSPS) is 17.4. The van der Waals surface area contributed by atoms with E-state index in [4.69, 9.17) is 16.3 Å². The Morgan fingerprint density at radius 2 is 1.95 bits per heavy atom. The zero-order valence-corrected chi connectivity index (χ0v) is 13.7. The molecule has 0 amide bonds. The van der Waals surface area contributed by atoms with Crippen molar-refractivity contribution >= 4 is 21.6 Å². The lowest BCUT2D eigenvalue weighted by Gasteiger charge is -2.19. The first-order chi connectivity index (χ1) is 10.5. The number of hydrogen-bond acceptors (Lipinski definition) is 3. The molecule has 1 aliphatic heterocycles. The fourth-order valence-corrected chi connectivity index (χ4v) is 4.20. The Bertz CT molecular complexity index is 791. The number of ether oxygens (including phenoxy) is 1. The van der Waals surface area contributed by atoms with Crippen LogP contribution in [0, 0.1) is 6.92 Å². The third kappa shape index (κ3) is 2.84. The summed E-state index contributed by atoms with van der Waals surface area (Å²) in [5, 5.41) is 0.424. The molecule has 0 aliphatic carbocycles. The summed E-state index contributed by atoms with van der Waals surface area (Å²) in [4.78, 5) is 0.136. The lowest BCUT2D eigenvalue weighted by Crippen LogP contribution is -2.32. The van der Waals surface area contributed by atoms with Gasteiger partial charge in [-0.05, 0) is 30.2 Å². The van der Waals surface area contributed by atoms with Crippen LogP contribution in [0.3, 0.4) is 0 Å². The van der Waals surface area contributed by atoms with Crippen LogP contribution in [0.15, 0.2) is 47.4 Å². The van der Waals surface area contributed by atoms with Gasteiger partial charge in [-0.15, -0.1) is 0 Å². The van der Waals surface area contributed by atoms with Crippen molar-refractivity contribution in [1.82, 2.24) is 4.31 Å². The van der Waals surface area contributed by atoms with Gasteiger partial charge in [-0.2, -0.15) is 4.31 Å². The van der Waals surface area contributed by atoms with Crippen LogP contribution in [-0.4, -0.2) is 25.9 Å². The highest BCUT2D eigenvalue weighted by molar-refractivity contribution is 7.89. The van der Waals surface area contributed by atoms with Crippen LogP contribution in [0.4, 0.5) is 0 Å². The maximum atomic E-state index is 12.9. The molecule has 22 heavy (non-hydrogen) atoms. The summed E-state index contributed by atoms with van der Waals surface area (Å²) < 4.78 is 32.8.